The zero-order valence-corrected chi connectivity index (χ0v) is 10.7. The molecule has 0 spiro atoms. The number of hydrogen-bond donors (Lipinski definition) is 2. The van der Waals surface area contributed by atoms with Crippen LogP contribution in [-0.2, 0) is 0 Å². The fourth-order valence-electron chi connectivity index (χ4n) is 2.57. The van der Waals surface area contributed by atoms with Crippen LogP contribution in [0.1, 0.15) is 43.5 Å². The van der Waals surface area contributed by atoms with Crippen LogP contribution in [0.4, 0.5) is 10.1 Å². The molecule has 3 nitrogen and oxygen atoms in total. The van der Waals surface area contributed by atoms with Crippen molar-refractivity contribution in [2.45, 2.75) is 39.2 Å². The second-order valence-corrected chi connectivity index (χ2v) is 5.75. The van der Waals surface area contributed by atoms with Gasteiger partial charge in [-0.3, -0.25) is 0 Å². The highest BCUT2D eigenvalue weighted by atomic mass is 19.1. The second kappa shape index (κ2) is 4.59. The number of rotatable bonds is 3. The third-order valence-corrected chi connectivity index (χ3v) is 3.54. The van der Waals surface area contributed by atoms with Gasteiger partial charge in [0.2, 0.25) is 0 Å². The average molecular weight is 251 g/mol. The van der Waals surface area contributed by atoms with E-state index >= 15 is 0 Å². The summed E-state index contributed by atoms with van der Waals surface area (Å²) in [5.41, 5.74) is 0.724. The highest BCUT2D eigenvalue weighted by molar-refractivity contribution is 5.89. The summed E-state index contributed by atoms with van der Waals surface area (Å²) in [6.45, 7) is 4.45. The standard InChI is InChI=1S/C14H18FNO2/c1-14(2)6-5-10(8-14)16-9-3-4-12(15)11(7-9)13(17)18/h3-4,7,10,16H,5-6,8H2,1-2H3,(H,17,18). The largest absolute Gasteiger partial charge is 0.478 e. The lowest BCUT2D eigenvalue weighted by atomic mass is 9.92. The molecule has 0 radical (unpaired) electrons. The van der Waals surface area contributed by atoms with E-state index in [2.05, 4.69) is 19.2 Å². The molecule has 2 rings (SSSR count). The summed E-state index contributed by atoms with van der Waals surface area (Å²) in [6.07, 6.45) is 3.26. The first-order chi connectivity index (χ1) is 8.37. The first kappa shape index (κ1) is 12.9. The highest BCUT2D eigenvalue weighted by Crippen LogP contribution is 2.38. The lowest BCUT2D eigenvalue weighted by Gasteiger charge is -2.18. The number of aromatic carboxylic acids is 1. The molecule has 18 heavy (non-hydrogen) atoms. The topological polar surface area (TPSA) is 49.3 Å². The van der Waals surface area contributed by atoms with E-state index in [-0.39, 0.29) is 5.56 Å². The Morgan fingerprint density at radius 2 is 2.22 bits per heavy atom. The van der Waals surface area contributed by atoms with Crippen LogP contribution < -0.4 is 5.32 Å². The number of carboxylic acids is 1. The summed E-state index contributed by atoms with van der Waals surface area (Å²) in [7, 11) is 0. The van der Waals surface area contributed by atoms with Gasteiger partial charge in [0.05, 0.1) is 5.56 Å². The number of carboxylic acid groups (broad SMARTS) is 1. The molecule has 0 aromatic heterocycles. The van der Waals surface area contributed by atoms with Crippen molar-refractivity contribution in [3.63, 3.8) is 0 Å². The maximum absolute atomic E-state index is 13.2. The van der Waals surface area contributed by atoms with Crippen LogP contribution in [0.15, 0.2) is 18.2 Å². The quantitative estimate of drug-likeness (QED) is 0.864. The van der Waals surface area contributed by atoms with Crippen LogP contribution in [0.3, 0.4) is 0 Å². The molecule has 0 heterocycles. The molecule has 1 aliphatic carbocycles. The van der Waals surface area contributed by atoms with Crippen LogP contribution in [0.25, 0.3) is 0 Å². The summed E-state index contributed by atoms with van der Waals surface area (Å²) in [4.78, 5) is 10.8. The summed E-state index contributed by atoms with van der Waals surface area (Å²) < 4.78 is 13.2. The summed E-state index contributed by atoms with van der Waals surface area (Å²) in [5.74, 6) is -1.93. The van der Waals surface area contributed by atoms with E-state index in [9.17, 15) is 9.18 Å². The molecule has 1 saturated carbocycles. The maximum atomic E-state index is 13.2. The first-order valence-electron chi connectivity index (χ1n) is 6.17. The molecule has 4 heteroatoms. The van der Waals surface area contributed by atoms with Gasteiger partial charge in [-0.1, -0.05) is 13.8 Å². The molecule has 1 unspecified atom stereocenters. The average Bonchev–Trinajstić information content (AvgIpc) is 2.60. The number of halogens is 1. The molecule has 2 N–H and O–H groups in total. The first-order valence-corrected chi connectivity index (χ1v) is 6.17. The van der Waals surface area contributed by atoms with E-state index in [1.54, 1.807) is 6.07 Å². The molecule has 0 saturated heterocycles. The monoisotopic (exact) mass is 251 g/mol. The van der Waals surface area contributed by atoms with Gasteiger partial charge in [0.25, 0.3) is 0 Å². The molecular weight excluding hydrogens is 233 g/mol. The fraction of sp³-hybridized carbons (Fsp3) is 0.500. The Morgan fingerprint density at radius 1 is 1.50 bits per heavy atom. The Balaban J connectivity index is 2.11. The van der Waals surface area contributed by atoms with Gasteiger partial charge in [-0.2, -0.15) is 0 Å². The lowest BCUT2D eigenvalue weighted by molar-refractivity contribution is 0.0692. The minimum Gasteiger partial charge on any atom is -0.478 e. The Hall–Kier alpha value is -1.58. The minimum atomic E-state index is -1.23. The van der Waals surface area contributed by atoms with Crippen LogP contribution in [-0.4, -0.2) is 17.1 Å². The van der Waals surface area contributed by atoms with E-state index in [0.29, 0.717) is 17.1 Å². The van der Waals surface area contributed by atoms with Gasteiger partial charge in [-0.05, 0) is 42.9 Å². The summed E-state index contributed by atoms with van der Waals surface area (Å²) >= 11 is 0. The van der Waals surface area contributed by atoms with Crippen LogP contribution in [0, 0.1) is 11.2 Å². The second-order valence-electron chi connectivity index (χ2n) is 5.75. The molecule has 1 aromatic carbocycles. The third kappa shape index (κ3) is 2.81. The van der Waals surface area contributed by atoms with Crippen molar-refractivity contribution in [3.8, 4) is 0 Å². The van der Waals surface area contributed by atoms with Gasteiger partial charge in [0, 0.05) is 11.7 Å². The third-order valence-electron chi connectivity index (χ3n) is 3.54. The molecule has 1 aliphatic rings. The van der Waals surface area contributed by atoms with Gasteiger partial charge in [0.1, 0.15) is 5.82 Å². The molecule has 0 bridgehead atoms. The van der Waals surface area contributed by atoms with Crippen molar-refractivity contribution in [2.75, 3.05) is 5.32 Å². The van der Waals surface area contributed by atoms with Crippen molar-refractivity contribution < 1.29 is 14.3 Å². The molecule has 1 atom stereocenters. The van der Waals surface area contributed by atoms with E-state index in [1.165, 1.54) is 12.1 Å². The normalized spacial score (nSPS) is 21.8. The van der Waals surface area contributed by atoms with Gasteiger partial charge < -0.3 is 10.4 Å². The molecule has 98 valence electrons. The van der Waals surface area contributed by atoms with E-state index in [4.69, 9.17) is 5.11 Å². The van der Waals surface area contributed by atoms with Crippen molar-refractivity contribution in [1.82, 2.24) is 0 Å². The zero-order chi connectivity index (χ0) is 13.3. The molecule has 1 aromatic rings. The number of benzene rings is 1. The zero-order valence-electron chi connectivity index (χ0n) is 10.7. The smallest absolute Gasteiger partial charge is 0.338 e. The Labute approximate surface area is 106 Å². The Morgan fingerprint density at radius 3 is 2.78 bits per heavy atom. The van der Waals surface area contributed by atoms with E-state index in [1.807, 2.05) is 0 Å². The predicted molar refractivity (Wildman–Crippen MR) is 68.4 cm³/mol. The molecule has 0 aliphatic heterocycles. The predicted octanol–water partition coefficient (Wildman–Crippen LogP) is 3.51. The summed E-state index contributed by atoms with van der Waals surface area (Å²) in [5, 5.41) is 12.2. The van der Waals surface area contributed by atoms with Crippen molar-refractivity contribution >= 4 is 11.7 Å². The van der Waals surface area contributed by atoms with Crippen LogP contribution in [0.5, 0.6) is 0 Å². The van der Waals surface area contributed by atoms with E-state index in [0.717, 1.165) is 19.3 Å². The van der Waals surface area contributed by atoms with Crippen molar-refractivity contribution in [1.29, 1.82) is 0 Å². The number of hydrogen-bond acceptors (Lipinski definition) is 2. The maximum Gasteiger partial charge on any atom is 0.338 e. The Kier molecular flexibility index (Phi) is 3.28. The lowest BCUT2D eigenvalue weighted by Crippen LogP contribution is -2.18. The number of carbonyl (C=O) groups is 1. The van der Waals surface area contributed by atoms with Crippen LogP contribution in [0.2, 0.25) is 0 Å². The minimum absolute atomic E-state index is 0.280. The number of anilines is 1. The molecular formula is C14H18FNO2. The number of nitrogens with one attached hydrogen (secondary N) is 1. The van der Waals surface area contributed by atoms with Gasteiger partial charge in [-0.15, -0.1) is 0 Å². The summed E-state index contributed by atoms with van der Waals surface area (Å²) in [6, 6.07) is 4.49. The molecule has 1 fully saturated rings. The molecule has 0 amide bonds. The van der Waals surface area contributed by atoms with Crippen LogP contribution >= 0.6 is 0 Å². The SMILES string of the molecule is CC1(C)CCC(Nc2ccc(F)c(C(=O)O)c2)C1. The highest BCUT2D eigenvalue weighted by Gasteiger charge is 2.30. The van der Waals surface area contributed by atoms with Gasteiger partial charge >= 0.3 is 5.97 Å². The van der Waals surface area contributed by atoms with Gasteiger partial charge in [-0.25, -0.2) is 9.18 Å². The fourth-order valence-corrected chi connectivity index (χ4v) is 2.57. The van der Waals surface area contributed by atoms with Crippen molar-refractivity contribution in [2.24, 2.45) is 5.41 Å². The Bertz CT molecular complexity index is 471. The van der Waals surface area contributed by atoms with Gasteiger partial charge in [0.15, 0.2) is 0 Å². The van der Waals surface area contributed by atoms with Crippen molar-refractivity contribution in [3.05, 3.63) is 29.6 Å². The van der Waals surface area contributed by atoms with E-state index < -0.39 is 11.8 Å².